The molecule has 4 aromatic rings. The second kappa shape index (κ2) is 6.50. The predicted molar refractivity (Wildman–Crippen MR) is 102 cm³/mol. The van der Waals surface area contributed by atoms with Gasteiger partial charge in [-0.05, 0) is 30.5 Å². The summed E-state index contributed by atoms with van der Waals surface area (Å²) in [5.74, 6) is 0.401. The molecule has 0 aromatic carbocycles. The molecule has 2 N–H and O–H groups in total. The average molecular weight is 377 g/mol. The Kier molecular flexibility index (Phi) is 3.96. The van der Waals surface area contributed by atoms with E-state index in [1.165, 1.54) is 6.33 Å². The standard InChI is InChI=1S/C20H19N5O3/c1-11-13-4-7-25(19(13)24-10-23-11)15-8-16(18(27)17(15)26)28-20-14-9-21-5-2-12(14)3-6-22-20/h2-7,9-10,15-18,26-27H,8H2,1H3/t15-,16+,17+,18-/m1/s1. The Morgan fingerprint density at radius 3 is 2.79 bits per heavy atom. The minimum Gasteiger partial charge on any atom is -0.471 e. The quantitative estimate of drug-likeness (QED) is 0.561. The van der Waals surface area contributed by atoms with Crippen LogP contribution in [0.4, 0.5) is 0 Å². The van der Waals surface area contributed by atoms with E-state index in [2.05, 4.69) is 19.9 Å². The van der Waals surface area contributed by atoms with E-state index in [9.17, 15) is 10.2 Å². The van der Waals surface area contributed by atoms with Gasteiger partial charge in [-0.2, -0.15) is 0 Å². The molecule has 8 heteroatoms. The number of fused-ring (bicyclic) bond motifs is 2. The number of pyridine rings is 2. The van der Waals surface area contributed by atoms with E-state index in [0.29, 0.717) is 12.3 Å². The number of aliphatic hydroxyl groups excluding tert-OH is 2. The van der Waals surface area contributed by atoms with Crippen LogP contribution < -0.4 is 4.74 Å². The lowest BCUT2D eigenvalue weighted by atomic mass is 10.2. The molecule has 4 heterocycles. The lowest BCUT2D eigenvalue weighted by Crippen LogP contribution is -2.34. The van der Waals surface area contributed by atoms with Gasteiger partial charge < -0.3 is 19.5 Å². The van der Waals surface area contributed by atoms with Gasteiger partial charge in [0.15, 0.2) is 0 Å². The molecule has 0 amide bonds. The first kappa shape index (κ1) is 17.0. The number of aliphatic hydroxyl groups is 2. The maximum Gasteiger partial charge on any atom is 0.223 e. The number of aromatic nitrogens is 5. The highest BCUT2D eigenvalue weighted by Crippen LogP contribution is 2.36. The maximum atomic E-state index is 10.7. The van der Waals surface area contributed by atoms with Crippen LogP contribution in [0.3, 0.4) is 0 Å². The van der Waals surface area contributed by atoms with Gasteiger partial charge in [0.25, 0.3) is 0 Å². The van der Waals surface area contributed by atoms with E-state index in [-0.39, 0.29) is 6.04 Å². The molecule has 5 rings (SSSR count). The minimum absolute atomic E-state index is 0.361. The summed E-state index contributed by atoms with van der Waals surface area (Å²) in [6.07, 6.45) is 6.23. The van der Waals surface area contributed by atoms with Gasteiger partial charge in [0.05, 0.1) is 17.1 Å². The lowest BCUT2D eigenvalue weighted by molar-refractivity contribution is -0.0170. The largest absolute Gasteiger partial charge is 0.471 e. The summed E-state index contributed by atoms with van der Waals surface area (Å²) in [5.41, 5.74) is 1.61. The van der Waals surface area contributed by atoms with Crippen molar-refractivity contribution in [3.05, 3.63) is 55.0 Å². The number of hydrogen-bond acceptors (Lipinski definition) is 7. The van der Waals surface area contributed by atoms with E-state index in [0.717, 1.165) is 27.5 Å². The summed E-state index contributed by atoms with van der Waals surface area (Å²) in [5, 5.41) is 24.0. The zero-order valence-electron chi connectivity index (χ0n) is 15.2. The fourth-order valence-electron chi connectivity index (χ4n) is 3.95. The molecule has 142 valence electrons. The van der Waals surface area contributed by atoms with Crippen molar-refractivity contribution in [1.82, 2.24) is 24.5 Å². The van der Waals surface area contributed by atoms with E-state index < -0.39 is 18.3 Å². The first-order chi connectivity index (χ1) is 13.6. The molecule has 8 nitrogen and oxygen atoms in total. The van der Waals surface area contributed by atoms with Crippen LogP contribution in [0.5, 0.6) is 5.88 Å². The monoisotopic (exact) mass is 377 g/mol. The van der Waals surface area contributed by atoms with Crippen LogP contribution in [-0.2, 0) is 0 Å². The Labute approximate surface area is 160 Å². The number of hydrogen-bond donors (Lipinski definition) is 2. The zero-order chi connectivity index (χ0) is 19.3. The van der Waals surface area contributed by atoms with Crippen LogP contribution in [-0.4, -0.2) is 53.0 Å². The fraction of sp³-hybridized carbons (Fsp3) is 0.300. The third-order valence-electron chi connectivity index (χ3n) is 5.46. The molecule has 1 fully saturated rings. The molecule has 0 unspecified atom stereocenters. The topological polar surface area (TPSA) is 106 Å². The van der Waals surface area contributed by atoms with E-state index in [1.54, 1.807) is 18.6 Å². The average Bonchev–Trinajstić information content (AvgIpc) is 3.26. The molecule has 0 saturated heterocycles. The van der Waals surface area contributed by atoms with Gasteiger partial charge in [-0.25, -0.2) is 15.0 Å². The highest BCUT2D eigenvalue weighted by Gasteiger charge is 2.44. The molecular weight excluding hydrogens is 358 g/mol. The summed E-state index contributed by atoms with van der Waals surface area (Å²) < 4.78 is 7.92. The Morgan fingerprint density at radius 2 is 1.89 bits per heavy atom. The summed E-state index contributed by atoms with van der Waals surface area (Å²) in [4.78, 5) is 17.0. The molecule has 28 heavy (non-hydrogen) atoms. The number of aryl methyl sites for hydroxylation is 1. The molecular formula is C20H19N5O3. The summed E-state index contributed by atoms with van der Waals surface area (Å²) >= 11 is 0. The van der Waals surface area contributed by atoms with Gasteiger partial charge >= 0.3 is 0 Å². The second-order valence-corrected chi connectivity index (χ2v) is 7.07. The predicted octanol–water partition coefficient (Wildman–Crippen LogP) is 1.80. The normalized spacial score (nSPS) is 24.8. The molecule has 0 spiro atoms. The summed E-state index contributed by atoms with van der Waals surface area (Å²) in [7, 11) is 0. The highest BCUT2D eigenvalue weighted by atomic mass is 16.5. The third kappa shape index (κ3) is 2.61. The maximum absolute atomic E-state index is 10.7. The summed E-state index contributed by atoms with van der Waals surface area (Å²) in [6, 6.07) is 5.32. The van der Waals surface area contributed by atoms with Crippen LogP contribution in [0.25, 0.3) is 21.8 Å². The first-order valence-corrected chi connectivity index (χ1v) is 9.13. The number of rotatable bonds is 3. The molecule has 4 atom stereocenters. The van der Waals surface area contributed by atoms with Gasteiger partial charge in [-0.15, -0.1) is 0 Å². The molecule has 0 radical (unpaired) electrons. The van der Waals surface area contributed by atoms with Crippen LogP contribution in [0.1, 0.15) is 18.2 Å². The van der Waals surface area contributed by atoms with E-state index >= 15 is 0 Å². The molecule has 1 aliphatic carbocycles. The number of ether oxygens (including phenoxy) is 1. The Hall–Kier alpha value is -3.10. The lowest BCUT2D eigenvalue weighted by Gasteiger charge is -2.19. The van der Waals surface area contributed by atoms with Gasteiger partial charge in [0.1, 0.15) is 30.3 Å². The van der Waals surface area contributed by atoms with E-state index in [1.807, 2.05) is 35.9 Å². The molecule has 0 aliphatic heterocycles. The van der Waals surface area contributed by atoms with Crippen LogP contribution in [0, 0.1) is 6.92 Å². The smallest absolute Gasteiger partial charge is 0.223 e. The number of nitrogens with zero attached hydrogens (tertiary/aromatic N) is 5. The summed E-state index contributed by atoms with van der Waals surface area (Å²) in [6.45, 7) is 1.92. The van der Waals surface area contributed by atoms with Crippen LogP contribution >= 0.6 is 0 Å². The van der Waals surface area contributed by atoms with Crippen molar-refractivity contribution >= 4 is 21.8 Å². The van der Waals surface area contributed by atoms with Gasteiger partial charge in [0.2, 0.25) is 5.88 Å². The van der Waals surface area contributed by atoms with Crippen molar-refractivity contribution in [2.24, 2.45) is 0 Å². The molecule has 0 bridgehead atoms. The highest BCUT2D eigenvalue weighted by molar-refractivity contribution is 5.85. The van der Waals surface area contributed by atoms with Crippen LogP contribution in [0.2, 0.25) is 0 Å². The molecule has 1 aliphatic rings. The fourth-order valence-corrected chi connectivity index (χ4v) is 3.95. The third-order valence-corrected chi connectivity index (χ3v) is 5.46. The molecule has 1 saturated carbocycles. The Morgan fingerprint density at radius 1 is 1.04 bits per heavy atom. The van der Waals surface area contributed by atoms with Gasteiger partial charge in [-0.3, -0.25) is 4.98 Å². The Bertz CT molecular complexity index is 1160. The Balaban J connectivity index is 1.47. The van der Waals surface area contributed by atoms with Crippen molar-refractivity contribution in [2.45, 2.75) is 37.7 Å². The first-order valence-electron chi connectivity index (χ1n) is 9.13. The van der Waals surface area contributed by atoms with E-state index in [4.69, 9.17) is 4.74 Å². The van der Waals surface area contributed by atoms with Crippen molar-refractivity contribution in [3.63, 3.8) is 0 Å². The molecule has 4 aromatic heterocycles. The van der Waals surface area contributed by atoms with Gasteiger partial charge in [-0.1, -0.05) is 0 Å². The van der Waals surface area contributed by atoms with Crippen molar-refractivity contribution < 1.29 is 14.9 Å². The van der Waals surface area contributed by atoms with Crippen molar-refractivity contribution in [2.75, 3.05) is 0 Å². The van der Waals surface area contributed by atoms with Crippen molar-refractivity contribution in [3.8, 4) is 5.88 Å². The van der Waals surface area contributed by atoms with Crippen LogP contribution in [0.15, 0.2) is 49.3 Å². The van der Waals surface area contributed by atoms with Gasteiger partial charge in [0, 0.05) is 36.6 Å². The minimum atomic E-state index is -1.04. The SMILES string of the molecule is Cc1ncnc2c1ccn2[C@@H]1C[C@H](Oc2nccc3ccncc23)[C@@H](O)[C@H]1O. The zero-order valence-corrected chi connectivity index (χ0v) is 15.2. The van der Waals surface area contributed by atoms with Crippen molar-refractivity contribution in [1.29, 1.82) is 0 Å². The second-order valence-electron chi connectivity index (χ2n) is 7.07.